The quantitative estimate of drug-likeness (QED) is 0.660. The maximum Gasteiger partial charge on any atom is 0.119 e. The fourth-order valence-corrected chi connectivity index (χ4v) is 1.04. The van der Waals surface area contributed by atoms with Gasteiger partial charge >= 0.3 is 0 Å². The van der Waals surface area contributed by atoms with E-state index in [1.54, 1.807) is 19.3 Å². The molecular formula is C11H12O. The lowest BCUT2D eigenvalue weighted by atomic mass is 10.1. The summed E-state index contributed by atoms with van der Waals surface area (Å²) in [5.41, 5.74) is 2.12. The van der Waals surface area contributed by atoms with Gasteiger partial charge in [0, 0.05) is 0 Å². The van der Waals surface area contributed by atoms with Crippen molar-refractivity contribution in [2.75, 3.05) is 7.11 Å². The van der Waals surface area contributed by atoms with Gasteiger partial charge in [0.1, 0.15) is 5.75 Å². The Morgan fingerprint density at radius 2 is 1.83 bits per heavy atom. The number of benzene rings is 1. The molecule has 0 unspecified atom stereocenters. The Bertz CT molecular complexity index is 300. The van der Waals surface area contributed by atoms with Crippen molar-refractivity contribution in [3.63, 3.8) is 0 Å². The van der Waals surface area contributed by atoms with Gasteiger partial charge in [0.25, 0.3) is 0 Å². The van der Waals surface area contributed by atoms with Gasteiger partial charge in [-0.2, -0.15) is 0 Å². The highest BCUT2D eigenvalue weighted by Gasteiger charge is 1.96. The molecule has 0 heterocycles. The summed E-state index contributed by atoms with van der Waals surface area (Å²) in [5, 5.41) is 0. The van der Waals surface area contributed by atoms with Crippen LogP contribution in [0.4, 0.5) is 0 Å². The number of rotatable bonds is 3. The van der Waals surface area contributed by atoms with Gasteiger partial charge in [-0.1, -0.05) is 31.4 Å². The molecule has 0 aliphatic carbocycles. The van der Waals surface area contributed by atoms with E-state index in [4.69, 9.17) is 4.74 Å². The lowest BCUT2D eigenvalue weighted by Crippen LogP contribution is -1.85. The minimum atomic E-state index is 0.843. The monoisotopic (exact) mass is 160 g/mol. The van der Waals surface area contributed by atoms with E-state index in [1.807, 2.05) is 18.2 Å². The Hall–Kier alpha value is -1.50. The van der Waals surface area contributed by atoms with Crippen molar-refractivity contribution < 1.29 is 4.74 Å². The van der Waals surface area contributed by atoms with E-state index in [0.29, 0.717) is 0 Å². The molecule has 0 saturated heterocycles. The largest absolute Gasteiger partial charge is 0.497 e. The molecule has 0 bridgehead atoms. The predicted molar refractivity (Wildman–Crippen MR) is 53.2 cm³/mol. The lowest BCUT2D eigenvalue weighted by Gasteiger charge is -2.03. The summed E-state index contributed by atoms with van der Waals surface area (Å²) in [7, 11) is 1.65. The number of ether oxygens (including phenoxy) is 1. The Morgan fingerprint density at radius 1 is 1.17 bits per heavy atom. The highest BCUT2D eigenvalue weighted by Crippen LogP contribution is 2.19. The zero-order valence-electron chi connectivity index (χ0n) is 7.21. The third-order valence-electron chi connectivity index (χ3n) is 1.73. The molecule has 0 radical (unpaired) electrons. The van der Waals surface area contributed by atoms with Gasteiger partial charge in [0.2, 0.25) is 0 Å². The molecule has 1 nitrogen and oxygen atoms in total. The highest BCUT2D eigenvalue weighted by molar-refractivity contribution is 5.64. The summed E-state index contributed by atoms with van der Waals surface area (Å²) in [5.74, 6) is 0.843. The first-order chi connectivity index (χ1) is 5.81. The van der Waals surface area contributed by atoms with Crippen LogP contribution in [0.1, 0.15) is 11.1 Å². The van der Waals surface area contributed by atoms with Gasteiger partial charge < -0.3 is 4.74 Å². The Kier molecular flexibility index (Phi) is 2.70. The van der Waals surface area contributed by atoms with Crippen LogP contribution in [0.15, 0.2) is 31.4 Å². The topological polar surface area (TPSA) is 9.23 Å². The zero-order valence-corrected chi connectivity index (χ0v) is 7.21. The van der Waals surface area contributed by atoms with Crippen molar-refractivity contribution in [2.24, 2.45) is 0 Å². The molecular weight excluding hydrogens is 148 g/mol. The summed E-state index contributed by atoms with van der Waals surface area (Å²) in [4.78, 5) is 0. The van der Waals surface area contributed by atoms with Crippen LogP contribution in [0, 0.1) is 0 Å². The molecule has 0 aliphatic heterocycles. The maximum absolute atomic E-state index is 5.07. The normalized spacial score (nSPS) is 9.08. The van der Waals surface area contributed by atoms with E-state index in [2.05, 4.69) is 13.2 Å². The van der Waals surface area contributed by atoms with Gasteiger partial charge in [-0.25, -0.2) is 0 Å². The molecule has 0 spiro atoms. The van der Waals surface area contributed by atoms with Crippen molar-refractivity contribution in [3.8, 4) is 5.75 Å². The van der Waals surface area contributed by atoms with Crippen molar-refractivity contribution in [3.05, 3.63) is 42.5 Å². The maximum atomic E-state index is 5.07. The van der Waals surface area contributed by atoms with E-state index < -0.39 is 0 Å². The SMILES string of the molecule is C=Cc1ccc(OC)cc1C=C. The van der Waals surface area contributed by atoms with Crippen LogP contribution < -0.4 is 4.74 Å². The molecule has 0 aliphatic rings. The van der Waals surface area contributed by atoms with Crippen LogP contribution in [-0.4, -0.2) is 7.11 Å². The first-order valence-electron chi connectivity index (χ1n) is 3.74. The molecule has 0 amide bonds. The third kappa shape index (κ3) is 1.56. The van der Waals surface area contributed by atoms with Gasteiger partial charge in [-0.15, -0.1) is 0 Å². The standard InChI is InChI=1S/C11H12O/c1-4-9-6-7-11(12-3)8-10(9)5-2/h4-8H,1-2H2,3H3. The van der Waals surface area contributed by atoms with Gasteiger partial charge in [0.05, 0.1) is 7.11 Å². The molecule has 0 fully saturated rings. The number of hydrogen-bond acceptors (Lipinski definition) is 1. The van der Waals surface area contributed by atoms with E-state index in [-0.39, 0.29) is 0 Å². The van der Waals surface area contributed by atoms with Crippen LogP contribution in [0.25, 0.3) is 12.2 Å². The second kappa shape index (κ2) is 3.77. The Labute approximate surface area is 73.0 Å². The third-order valence-corrected chi connectivity index (χ3v) is 1.73. The number of methoxy groups -OCH3 is 1. The molecule has 1 aromatic carbocycles. The fourth-order valence-electron chi connectivity index (χ4n) is 1.04. The smallest absolute Gasteiger partial charge is 0.119 e. The molecule has 1 rings (SSSR count). The fraction of sp³-hybridized carbons (Fsp3) is 0.0909. The Morgan fingerprint density at radius 3 is 2.33 bits per heavy atom. The van der Waals surface area contributed by atoms with Crippen molar-refractivity contribution >= 4 is 12.2 Å². The molecule has 12 heavy (non-hydrogen) atoms. The first-order valence-corrected chi connectivity index (χ1v) is 3.74. The predicted octanol–water partition coefficient (Wildman–Crippen LogP) is 2.98. The number of hydrogen-bond donors (Lipinski definition) is 0. The van der Waals surface area contributed by atoms with E-state index in [1.165, 1.54) is 0 Å². The van der Waals surface area contributed by atoms with Gasteiger partial charge in [0.15, 0.2) is 0 Å². The van der Waals surface area contributed by atoms with Crippen LogP contribution in [0.2, 0.25) is 0 Å². The second-order valence-corrected chi connectivity index (χ2v) is 2.40. The van der Waals surface area contributed by atoms with E-state index in [0.717, 1.165) is 16.9 Å². The summed E-state index contributed by atoms with van der Waals surface area (Å²) < 4.78 is 5.07. The molecule has 0 aromatic heterocycles. The Balaban J connectivity index is 3.18. The van der Waals surface area contributed by atoms with Crippen molar-refractivity contribution in [2.45, 2.75) is 0 Å². The highest BCUT2D eigenvalue weighted by atomic mass is 16.5. The van der Waals surface area contributed by atoms with Crippen molar-refractivity contribution in [1.29, 1.82) is 0 Å². The van der Waals surface area contributed by atoms with Crippen LogP contribution >= 0.6 is 0 Å². The van der Waals surface area contributed by atoms with Gasteiger partial charge in [-0.05, 0) is 23.3 Å². The lowest BCUT2D eigenvalue weighted by molar-refractivity contribution is 0.414. The average Bonchev–Trinajstić information content (AvgIpc) is 2.16. The van der Waals surface area contributed by atoms with Crippen LogP contribution in [0.5, 0.6) is 5.75 Å². The first kappa shape index (κ1) is 8.60. The summed E-state index contributed by atoms with van der Waals surface area (Å²) >= 11 is 0. The summed E-state index contributed by atoms with van der Waals surface area (Å²) in [6, 6.07) is 5.80. The zero-order chi connectivity index (χ0) is 8.97. The van der Waals surface area contributed by atoms with Crippen LogP contribution in [-0.2, 0) is 0 Å². The minimum absolute atomic E-state index is 0.843. The molecule has 1 heteroatoms. The van der Waals surface area contributed by atoms with Gasteiger partial charge in [-0.3, -0.25) is 0 Å². The molecule has 1 aromatic rings. The molecule has 0 N–H and O–H groups in total. The average molecular weight is 160 g/mol. The molecule has 0 saturated carbocycles. The summed E-state index contributed by atoms with van der Waals surface area (Å²) in [6.07, 6.45) is 3.59. The van der Waals surface area contributed by atoms with Crippen molar-refractivity contribution in [1.82, 2.24) is 0 Å². The van der Waals surface area contributed by atoms with E-state index >= 15 is 0 Å². The van der Waals surface area contributed by atoms with Crippen LogP contribution in [0.3, 0.4) is 0 Å². The second-order valence-electron chi connectivity index (χ2n) is 2.40. The summed E-state index contributed by atoms with van der Waals surface area (Å²) in [6.45, 7) is 7.42. The molecule has 62 valence electrons. The molecule has 0 atom stereocenters. The van der Waals surface area contributed by atoms with E-state index in [9.17, 15) is 0 Å². The minimum Gasteiger partial charge on any atom is -0.497 e.